The van der Waals surface area contributed by atoms with E-state index in [2.05, 4.69) is 5.32 Å². The van der Waals surface area contributed by atoms with Crippen molar-refractivity contribution >= 4 is 5.91 Å². The molecular formula is C16H26N2O3. The number of nitrogens with two attached hydrogens (primary N) is 1. The molecule has 0 fully saturated rings. The number of ether oxygens (including phenoxy) is 1. The molecule has 0 saturated carbocycles. The summed E-state index contributed by atoms with van der Waals surface area (Å²) in [5, 5.41) is 12.3. The highest BCUT2D eigenvalue weighted by atomic mass is 16.5. The molecule has 5 heteroatoms. The number of carbonyl (C=O) groups excluding carboxylic acids is 1. The molecule has 1 amide bonds. The van der Waals surface area contributed by atoms with Crippen LogP contribution in [0.4, 0.5) is 0 Å². The average molecular weight is 294 g/mol. The lowest BCUT2D eigenvalue weighted by Crippen LogP contribution is -2.53. The van der Waals surface area contributed by atoms with Gasteiger partial charge in [-0.1, -0.05) is 19.1 Å². The van der Waals surface area contributed by atoms with E-state index in [4.69, 9.17) is 15.6 Å². The number of aliphatic hydroxyl groups is 1. The predicted molar refractivity (Wildman–Crippen MR) is 83.0 cm³/mol. The molecule has 0 aliphatic rings. The molecule has 0 heterocycles. The van der Waals surface area contributed by atoms with Gasteiger partial charge in [0.15, 0.2) is 0 Å². The summed E-state index contributed by atoms with van der Waals surface area (Å²) in [6.45, 7) is 5.14. The summed E-state index contributed by atoms with van der Waals surface area (Å²) in [5.41, 5.74) is 5.60. The van der Waals surface area contributed by atoms with Gasteiger partial charge >= 0.3 is 0 Å². The second kappa shape index (κ2) is 8.64. The van der Waals surface area contributed by atoms with Gasteiger partial charge in [0, 0.05) is 0 Å². The quantitative estimate of drug-likeness (QED) is 0.572. The average Bonchev–Trinajstić information content (AvgIpc) is 2.49. The summed E-state index contributed by atoms with van der Waals surface area (Å²) in [4.78, 5) is 11.6. The third-order valence-corrected chi connectivity index (χ3v) is 3.48. The van der Waals surface area contributed by atoms with E-state index in [1.807, 2.05) is 38.1 Å². The number of benzene rings is 1. The summed E-state index contributed by atoms with van der Waals surface area (Å²) in [5.74, 6) is 0.391. The van der Waals surface area contributed by atoms with E-state index < -0.39 is 5.54 Å². The first-order valence-electron chi connectivity index (χ1n) is 7.39. The first kappa shape index (κ1) is 17.5. The van der Waals surface area contributed by atoms with Gasteiger partial charge in [-0.25, -0.2) is 0 Å². The van der Waals surface area contributed by atoms with E-state index in [-0.39, 0.29) is 12.5 Å². The van der Waals surface area contributed by atoms with Crippen LogP contribution in [0.5, 0.6) is 5.75 Å². The molecule has 0 bridgehead atoms. The lowest BCUT2D eigenvalue weighted by atomic mass is 9.95. The maximum absolute atomic E-state index is 11.6. The van der Waals surface area contributed by atoms with E-state index in [1.165, 1.54) is 0 Å². The van der Waals surface area contributed by atoms with Crippen molar-refractivity contribution in [1.29, 1.82) is 0 Å². The number of aliphatic hydroxyl groups excluding tert-OH is 1. The van der Waals surface area contributed by atoms with E-state index in [9.17, 15) is 4.79 Å². The van der Waals surface area contributed by atoms with Crippen molar-refractivity contribution in [2.75, 3.05) is 13.2 Å². The van der Waals surface area contributed by atoms with Gasteiger partial charge < -0.3 is 20.9 Å². The van der Waals surface area contributed by atoms with Gasteiger partial charge in [-0.3, -0.25) is 4.79 Å². The Morgan fingerprint density at radius 1 is 1.48 bits per heavy atom. The van der Waals surface area contributed by atoms with Crippen LogP contribution in [0.3, 0.4) is 0 Å². The molecule has 0 aromatic heterocycles. The zero-order valence-corrected chi connectivity index (χ0v) is 12.9. The van der Waals surface area contributed by atoms with Gasteiger partial charge in [0.1, 0.15) is 5.75 Å². The molecule has 118 valence electrons. The summed E-state index contributed by atoms with van der Waals surface area (Å²) < 4.78 is 5.64. The lowest BCUT2D eigenvalue weighted by molar-refractivity contribution is -0.124. The topological polar surface area (TPSA) is 84.6 Å². The fourth-order valence-electron chi connectivity index (χ4n) is 2.05. The Kier molecular flexibility index (Phi) is 7.19. The summed E-state index contributed by atoms with van der Waals surface area (Å²) >= 11 is 0. The normalized spacial score (nSPS) is 13.7. The van der Waals surface area contributed by atoms with E-state index in [1.54, 1.807) is 0 Å². The standard InChI is InChI=1S/C16H26N2O3/c1-3-9-18-16(2,15(17)20)8-5-10-21-14-7-4-6-13(11-14)12-19/h4,6-7,11,18-19H,3,5,8-10,12H2,1-2H3,(H2,17,20). The molecule has 1 unspecified atom stereocenters. The van der Waals surface area contributed by atoms with Crippen molar-refractivity contribution in [3.05, 3.63) is 29.8 Å². The number of rotatable bonds is 10. The van der Waals surface area contributed by atoms with Crippen molar-refractivity contribution < 1.29 is 14.6 Å². The van der Waals surface area contributed by atoms with Crippen molar-refractivity contribution in [2.24, 2.45) is 5.73 Å². The molecule has 1 atom stereocenters. The number of nitrogens with one attached hydrogen (secondary N) is 1. The molecule has 1 rings (SSSR count). The Morgan fingerprint density at radius 3 is 2.86 bits per heavy atom. The van der Waals surface area contributed by atoms with Crippen molar-refractivity contribution in [1.82, 2.24) is 5.32 Å². The highest BCUT2D eigenvalue weighted by Crippen LogP contribution is 2.16. The molecule has 0 radical (unpaired) electrons. The number of carbonyl (C=O) groups is 1. The van der Waals surface area contributed by atoms with E-state index >= 15 is 0 Å². The highest BCUT2D eigenvalue weighted by molar-refractivity contribution is 5.84. The van der Waals surface area contributed by atoms with E-state index in [0.717, 1.165) is 30.7 Å². The first-order valence-corrected chi connectivity index (χ1v) is 7.39. The molecule has 1 aromatic carbocycles. The zero-order chi connectivity index (χ0) is 15.7. The first-order chi connectivity index (χ1) is 10.0. The highest BCUT2D eigenvalue weighted by Gasteiger charge is 2.29. The predicted octanol–water partition coefficient (Wildman–Crippen LogP) is 1.58. The van der Waals surface area contributed by atoms with Crippen LogP contribution in [0.1, 0.15) is 38.7 Å². The molecular weight excluding hydrogens is 268 g/mol. The minimum atomic E-state index is -0.688. The molecule has 5 nitrogen and oxygen atoms in total. The molecule has 0 spiro atoms. The van der Waals surface area contributed by atoms with Crippen LogP contribution in [0.25, 0.3) is 0 Å². The van der Waals surface area contributed by atoms with Crippen LogP contribution in [-0.4, -0.2) is 29.7 Å². The zero-order valence-electron chi connectivity index (χ0n) is 12.9. The number of amides is 1. The van der Waals surface area contributed by atoms with Crippen molar-refractivity contribution in [3.8, 4) is 5.75 Å². The summed E-state index contributed by atoms with van der Waals surface area (Å²) in [7, 11) is 0. The molecule has 21 heavy (non-hydrogen) atoms. The number of primary amides is 1. The SMILES string of the molecule is CCCNC(C)(CCCOc1cccc(CO)c1)C(N)=O. The maximum Gasteiger partial charge on any atom is 0.237 e. The fourth-order valence-corrected chi connectivity index (χ4v) is 2.05. The van der Waals surface area contributed by atoms with Gasteiger partial charge in [0.25, 0.3) is 0 Å². The second-order valence-electron chi connectivity index (χ2n) is 5.38. The molecule has 0 aliphatic heterocycles. The number of hydrogen-bond acceptors (Lipinski definition) is 4. The summed E-state index contributed by atoms with van der Waals surface area (Å²) in [6.07, 6.45) is 2.30. The van der Waals surface area contributed by atoms with Gasteiger partial charge in [0.05, 0.1) is 18.8 Å². The smallest absolute Gasteiger partial charge is 0.237 e. The Bertz CT molecular complexity index is 451. The van der Waals surface area contributed by atoms with Gasteiger partial charge in [-0.15, -0.1) is 0 Å². The Hall–Kier alpha value is -1.59. The van der Waals surface area contributed by atoms with Crippen LogP contribution in [0, 0.1) is 0 Å². The van der Waals surface area contributed by atoms with Gasteiger partial charge in [0.2, 0.25) is 5.91 Å². The molecule has 4 N–H and O–H groups in total. The van der Waals surface area contributed by atoms with Crippen LogP contribution in [0.2, 0.25) is 0 Å². The molecule has 0 aliphatic carbocycles. The number of hydrogen-bond donors (Lipinski definition) is 3. The van der Waals surface area contributed by atoms with Crippen molar-refractivity contribution in [2.45, 2.75) is 45.3 Å². The van der Waals surface area contributed by atoms with Crippen LogP contribution in [0.15, 0.2) is 24.3 Å². The Morgan fingerprint density at radius 2 is 2.24 bits per heavy atom. The summed E-state index contributed by atoms with van der Waals surface area (Å²) in [6, 6.07) is 7.34. The van der Waals surface area contributed by atoms with Gasteiger partial charge in [-0.05, 0) is 50.4 Å². The van der Waals surface area contributed by atoms with Crippen LogP contribution >= 0.6 is 0 Å². The lowest BCUT2D eigenvalue weighted by Gasteiger charge is -2.27. The maximum atomic E-state index is 11.6. The van der Waals surface area contributed by atoms with Gasteiger partial charge in [-0.2, -0.15) is 0 Å². The Balaban J connectivity index is 2.42. The Labute approximate surface area is 126 Å². The third-order valence-electron chi connectivity index (χ3n) is 3.48. The minimum absolute atomic E-state index is 0.00210. The monoisotopic (exact) mass is 294 g/mol. The largest absolute Gasteiger partial charge is 0.494 e. The van der Waals surface area contributed by atoms with Crippen molar-refractivity contribution in [3.63, 3.8) is 0 Å². The third kappa shape index (κ3) is 5.73. The van der Waals surface area contributed by atoms with E-state index in [0.29, 0.717) is 13.0 Å². The minimum Gasteiger partial charge on any atom is -0.494 e. The fraction of sp³-hybridized carbons (Fsp3) is 0.562. The van der Waals surface area contributed by atoms with Crippen LogP contribution < -0.4 is 15.8 Å². The van der Waals surface area contributed by atoms with Crippen LogP contribution in [-0.2, 0) is 11.4 Å². The molecule has 1 aromatic rings. The molecule has 0 saturated heterocycles. The second-order valence-corrected chi connectivity index (χ2v) is 5.38.